The number of hydrogen-bond donors (Lipinski definition) is 2. The number of nitrogens with two attached hydrogens (primary N) is 1. The van der Waals surface area contributed by atoms with Crippen molar-refractivity contribution in [3.8, 4) is 23.0 Å². The zero-order chi connectivity index (χ0) is 32.8. The molecule has 1 aliphatic rings. The predicted octanol–water partition coefficient (Wildman–Crippen LogP) is 7.03. The molecule has 1 atom stereocenters. The largest absolute Gasteiger partial charge is 0.493 e. The van der Waals surface area contributed by atoms with Crippen molar-refractivity contribution in [1.82, 2.24) is 4.98 Å². The molecule has 46 heavy (non-hydrogen) atoms. The highest BCUT2D eigenvalue weighted by molar-refractivity contribution is 6.04. The van der Waals surface area contributed by atoms with E-state index in [0.29, 0.717) is 22.4 Å². The smallest absolute Gasteiger partial charge is 0.416 e. The van der Waals surface area contributed by atoms with E-state index in [1.54, 1.807) is 12.1 Å². The second kappa shape index (κ2) is 14.0. The van der Waals surface area contributed by atoms with Gasteiger partial charge in [-0.3, -0.25) is 14.6 Å². The number of amides is 1. The van der Waals surface area contributed by atoms with Gasteiger partial charge in [-0.25, -0.2) is 4.39 Å². The number of carbonyl (C=O) groups is 2. The molecule has 5 rings (SSSR count). The standard InChI is InChI=1S/C33H31F4N3O6/c1-43-29-17-23-26(18-30(29)44-15-13-25(38)32(42)45-22-4-2-3-5-22)39-14-12-27(23)46-28-11-10-21(16-24(28)34)40-31(41)19-6-8-20(9-7-19)33(35,36)37/h6-12,14,16-18,22,25H,2-5,13,15,38H2,1H3,(H,40,41). The van der Waals surface area contributed by atoms with E-state index < -0.39 is 35.5 Å². The zero-order valence-electron chi connectivity index (χ0n) is 24.7. The second-order valence-corrected chi connectivity index (χ2v) is 10.7. The highest BCUT2D eigenvalue weighted by Crippen LogP contribution is 2.38. The van der Waals surface area contributed by atoms with Crippen molar-refractivity contribution in [2.45, 2.75) is 50.4 Å². The normalized spacial score (nSPS) is 14.1. The van der Waals surface area contributed by atoms with Crippen LogP contribution < -0.4 is 25.3 Å². The van der Waals surface area contributed by atoms with Crippen LogP contribution in [0.5, 0.6) is 23.0 Å². The van der Waals surface area contributed by atoms with Crippen LogP contribution in [-0.2, 0) is 15.7 Å². The number of benzene rings is 3. The van der Waals surface area contributed by atoms with Crippen molar-refractivity contribution in [3.63, 3.8) is 0 Å². The van der Waals surface area contributed by atoms with Crippen molar-refractivity contribution in [2.75, 3.05) is 19.0 Å². The molecule has 1 heterocycles. The molecular formula is C33H31F4N3O6. The van der Waals surface area contributed by atoms with Gasteiger partial charge in [0.05, 0.1) is 24.8 Å². The van der Waals surface area contributed by atoms with Crippen LogP contribution in [0.4, 0.5) is 23.2 Å². The Bertz CT molecular complexity index is 1710. The maximum Gasteiger partial charge on any atom is 0.416 e. The Morgan fingerprint density at radius 3 is 2.39 bits per heavy atom. The van der Waals surface area contributed by atoms with Crippen molar-refractivity contribution in [3.05, 3.63) is 83.8 Å². The predicted molar refractivity (Wildman–Crippen MR) is 161 cm³/mol. The number of ether oxygens (including phenoxy) is 4. The molecule has 242 valence electrons. The number of aromatic nitrogens is 1. The first-order chi connectivity index (χ1) is 22.0. The highest BCUT2D eigenvalue weighted by Gasteiger charge is 2.30. The molecule has 0 aliphatic heterocycles. The van der Waals surface area contributed by atoms with Crippen molar-refractivity contribution >= 4 is 28.5 Å². The van der Waals surface area contributed by atoms with Crippen LogP contribution in [0.3, 0.4) is 0 Å². The quantitative estimate of drug-likeness (QED) is 0.132. The van der Waals surface area contributed by atoms with Crippen molar-refractivity contribution < 1.29 is 46.1 Å². The average molecular weight is 642 g/mol. The minimum absolute atomic E-state index is 0.0287. The number of hydrogen-bond acceptors (Lipinski definition) is 8. The number of methoxy groups -OCH3 is 1. The second-order valence-electron chi connectivity index (χ2n) is 10.7. The van der Waals surface area contributed by atoms with Crippen LogP contribution >= 0.6 is 0 Å². The summed E-state index contributed by atoms with van der Waals surface area (Å²) in [5.41, 5.74) is 5.62. The van der Waals surface area contributed by atoms with Crippen molar-refractivity contribution in [1.29, 1.82) is 0 Å². The zero-order valence-corrected chi connectivity index (χ0v) is 24.7. The molecule has 1 fully saturated rings. The Morgan fingerprint density at radius 1 is 0.978 bits per heavy atom. The molecule has 0 saturated heterocycles. The summed E-state index contributed by atoms with van der Waals surface area (Å²) in [5.74, 6) is -1.16. The van der Waals surface area contributed by atoms with Crippen molar-refractivity contribution in [2.24, 2.45) is 5.73 Å². The summed E-state index contributed by atoms with van der Waals surface area (Å²) in [6.07, 6.45) is 0.877. The minimum atomic E-state index is -4.53. The third-order valence-electron chi connectivity index (χ3n) is 7.45. The Morgan fingerprint density at radius 2 is 1.72 bits per heavy atom. The number of halogens is 4. The van der Waals surface area contributed by atoms with E-state index in [9.17, 15) is 22.8 Å². The number of rotatable bonds is 11. The fourth-order valence-corrected chi connectivity index (χ4v) is 4.95. The monoisotopic (exact) mass is 641 g/mol. The topological polar surface area (TPSA) is 122 Å². The van der Waals surface area contributed by atoms with E-state index in [1.807, 2.05) is 0 Å². The molecule has 1 aliphatic carbocycles. The van der Waals surface area contributed by atoms with Crippen LogP contribution in [0.15, 0.2) is 66.9 Å². The number of pyridine rings is 1. The number of fused-ring (bicyclic) bond motifs is 1. The van der Waals surface area contributed by atoms with Gasteiger partial charge in [0.15, 0.2) is 23.1 Å². The van der Waals surface area contributed by atoms with E-state index in [4.69, 9.17) is 24.7 Å². The molecule has 1 amide bonds. The minimum Gasteiger partial charge on any atom is -0.493 e. The molecule has 0 radical (unpaired) electrons. The van der Waals surface area contributed by atoms with E-state index in [1.165, 1.54) is 31.5 Å². The van der Waals surface area contributed by atoms with Gasteiger partial charge in [-0.05, 0) is 74.2 Å². The van der Waals surface area contributed by atoms with E-state index in [0.717, 1.165) is 56.0 Å². The van der Waals surface area contributed by atoms with Gasteiger partial charge in [0.25, 0.3) is 5.91 Å². The molecule has 1 aromatic heterocycles. The van der Waals surface area contributed by atoms with Crippen LogP contribution in [-0.4, -0.2) is 42.7 Å². The number of anilines is 1. The maximum absolute atomic E-state index is 15.1. The van der Waals surface area contributed by atoms with Crippen LogP contribution in [0.1, 0.15) is 48.0 Å². The summed E-state index contributed by atoms with van der Waals surface area (Å²) < 4.78 is 76.1. The van der Waals surface area contributed by atoms with Gasteiger partial charge in [0, 0.05) is 41.4 Å². The Balaban J connectivity index is 1.24. The third kappa shape index (κ3) is 7.83. The molecule has 3 N–H and O–H groups in total. The van der Waals surface area contributed by atoms with Gasteiger partial charge < -0.3 is 30.0 Å². The summed E-state index contributed by atoms with van der Waals surface area (Å²) in [5, 5.41) is 2.94. The lowest BCUT2D eigenvalue weighted by atomic mass is 10.1. The lowest BCUT2D eigenvalue weighted by Gasteiger charge is -2.17. The molecular weight excluding hydrogens is 610 g/mol. The SMILES string of the molecule is COc1cc2c(Oc3ccc(NC(=O)c4ccc(C(F)(F)F)cc4)cc3F)ccnc2cc1OCCC(N)C(=O)OC1CCCC1. The number of esters is 1. The van der Waals surface area contributed by atoms with Gasteiger partial charge in [0.1, 0.15) is 17.9 Å². The van der Waals surface area contributed by atoms with Crippen LogP contribution in [0.25, 0.3) is 10.9 Å². The first-order valence-corrected chi connectivity index (χ1v) is 14.5. The van der Waals surface area contributed by atoms with Gasteiger partial charge in [-0.2, -0.15) is 13.2 Å². The van der Waals surface area contributed by atoms with Gasteiger partial charge in [0.2, 0.25) is 0 Å². The first-order valence-electron chi connectivity index (χ1n) is 14.5. The van der Waals surface area contributed by atoms with Gasteiger partial charge in [-0.1, -0.05) is 0 Å². The molecule has 13 heteroatoms. The Kier molecular flexibility index (Phi) is 9.90. The van der Waals surface area contributed by atoms with Crippen LogP contribution in [0.2, 0.25) is 0 Å². The number of alkyl halides is 3. The van der Waals surface area contributed by atoms with Crippen LogP contribution in [0, 0.1) is 5.82 Å². The summed E-state index contributed by atoms with van der Waals surface area (Å²) in [6.45, 7) is 0.117. The number of nitrogens with zero attached hydrogens (tertiary/aromatic N) is 1. The summed E-state index contributed by atoms with van der Waals surface area (Å²) in [6, 6.07) is 11.3. The number of carbonyl (C=O) groups excluding carboxylic acids is 2. The lowest BCUT2D eigenvalue weighted by molar-refractivity contribution is -0.150. The van der Waals surface area contributed by atoms with E-state index in [-0.39, 0.29) is 41.9 Å². The fourth-order valence-electron chi connectivity index (χ4n) is 4.95. The lowest BCUT2D eigenvalue weighted by Crippen LogP contribution is -2.35. The highest BCUT2D eigenvalue weighted by atomic mass is 19.4. The molecule has 1 saturated carbocycles. The van der Waals surface area contributed by atoms with E-state index in [2.05, 4.69) is 10.3 Å². The first kappa shape index (κ1) is 32.5. The fraction of sp³-hybridized carbons (Fsp3) is 0.303. The summed E-state index contributed by atoms with van der Waals surface area (Å²) in [7, 11) is 1.45. The average Bonchev–Trinajstić information content (AvgIpc) is 3.54. The Hall–Kier alpha value is -4.91. The molecule has 9 nitrogen and oxygen atoms in total. The third-order valence-corrected chi connectivity index (χ3v) is 7.45. The summed E-state index contributed by atoms with van der Waals surface area (Å²) in [4.78, 5) is 29.1. The molecule has 3 aromatic carbocycles. The van der Waals surface area contributed by atoms with Gasteiger partial charge >= 0.3 is 12.1 Å². The number of nitrogens with one attached hydrogen (secondary N) is 1. The molecule has 4 aromatic rings. The summed E-state index contributed by atoms with van der Waals surface area (Å²) >= 11 is 0. The molecule has 0 spiro atoms. The Labute approximate surface area is 261 Å². The van der Waals surface area contributed by atoms with E-state index >= 15 is 4.39 Å². The molecule has 0 bridgehead atoms. The molecule has 1 unspecified atom stereocenters. The van der Waals surface area contributed by atoms with Gasteiger partial charge in [-0.15, -0.1) is 0 Å². The maximum atomic E-state index is 15.1.